The number of rotatable bonds is 10. The molecule has 1 amide bonds. The average Bonchev–Trinajstić information content (AvgIpc) is 2.91. The summed E-state index contributed by atoms with van der Waals surface area (Å²) in [5.41, 5.74) is 0.945. The minimum atomic E-state index is -4.04. The molecule has 0 aromatic heterocycles. The van der Waals surface area contributed by atoms with Crippen LogP contribution < -0.4 is 19.5 Å². The molecule has 0 bridgehead atoms. The maximum atomic E-state index is 13.1. The van der Waals surface area contributed by atoms with Gasteiger partial charge >= 0.3 is 0 Å². The lowest BCUT2D eigenvalue weighted by Crippen LogP contribution is -2.25. The first-order chi connectivity index (χ1) is 18.3. The summed E-state index contributed by atoms with van der Waals surface area (Å²) in [5, 5.41) is 3.52. The Labute approximate surface area is 231 Å². The zero-order chi connectivity index (χ0) is 27.1. The summed E-state index contributed by atoms with van der Waals surface area (Å²) in [7, 11) is -4.04. The zero-order valence-corrected chi connectivity index (χ0v) is 22.6. The Morgan fingerprint density at radius 3 is 2.26 bits per heavy atom. The van der Waals surface area contributed by atoms with E-state index >= 15 is 0 Å². The van der Waals surface area contributed by atoms with Crippen LogP contribution in [0.4, 0.5) is 5.69 Å². The van der Waals surface area contributed by atoms with Gasteiger partial charge in [0.1, 0.15) is 17.2 Å². The van der Waals surface area contributed by atoms with Crippen LogP contribution in [0.3, 0.4) is 0 Å². The molecule has 196 valence electrons. The molecule has 0 saturated carbocycles. The van der Waals surface area contributed by atoms with Crippen molar-refractivity contribution in [3.63, 3.8) is 0 Å². The van der Waals surface area contributed by atoms with Gasteiger partial charge in [-0.1, -0.05) is 53.5 Å². The minimum Gasteiger partial charge on any atom is -0.494 e. The number of hydrogen-bond acceptors (Lipinski definition) is 5. The number of hydrogen-bond donors (Lipinski definition) is 2. The molecule has 4 aromatic carbocycles. The second-order valence-electron chi connectivity index (χ2n) is 8.02. The molecule has 0 radical (unpaired) electrons. The lowest BCUT2D eigenvalue weighted by molar-refractivity contribution is 0.0951. The van der Waals surface area contributed by atoms with Crippen LogP contribution in [0, 0.1) is 0 Å². The minimum absolute atomic E-state index is 0.0176. The van der Waals surface area contributed by atoms with Gasteiger partial charge in [0.25, 0.3) is 15.9 Å². The molecule has 4 aromatic rings. The third-order valence-electron chi connectivity index (χ3n) is 5.38. The molecule has 7 nitrogen and oxygen atoms in total. The van der Waals surface area contributed by atoms with Crippen LogP contribution in [0.1, 0.15) is 22.8 Å². The van der Waals surface area contributed by atoms with E-state index in [2.05, 4.69) is 10.0 Å². The molecule has 0 unspecified atom stereocenters. The fraction of sp³-hybridized carbons (Fsp3) is 0.107. The molecule has 0 atom stereocenters. The van der Waals surface area contributed by atoms with E-state index in [-0.39, 0.29) is 27.7 Å². The number of para-hydroxylation sites is 2. The summed E-state index contributed by atoms with van der Waals surface area (Å²) in [6.45, 7) is 2.54. The molecule has 0 saturated heterocycles. The normalized spacial score (nSPS) is 11.0. The predicted octanol–water partition coefficient (Wildman–Crippen LogP) is 6.92. The first kappa shape index (κ1) is 27.3. The molecule has 2 N–H and O–H groups in total. The SMILES string of the molecule is CCOc1ccccc1CNC(=O)c1cc(Cl)ccc1NS(=O)(=O)c1ccc(Oc2ccccc2Cl)cc1. The van der Waals surface area contributed by atoms with E-state index in [9.17, 15) is 13.2 Å². The summed E-state index contributed by atoms with van der Waals surface area (Å²) in [6, 6.07) is 24.5. The topological polar surface area (TPSA) is 93.7 Å². The van der Waals surface area contributed by atoms with Gasteiger partial charge in [-0.15, -0.1) is 0 Å². The number of anilines is 1. The molecule has 38 heavy (non-hydrogen) atoms. The Hall–Kier alpha value is -3.72. The summed E-state index contributed by atoms with van der Waals surface area (Å²) < 4.78 is 40.1. The molecular formula is C28H24Cl2N2O5S. The zero-order valence-electron chi connectivity index (χ0n) is 20.3. The Bertz CT molecular complexity index is 1540. The van der Waals surface area contributed by atoms with Crippen LogP contribution in [0.2, 0.25) is 10.0 Å². The number of ether oxygens (including phenoxy) is 2. The van der Waals surface area contributed by atoms with Crippen molar-refractivity contribution < 1.29 is 22.7 Å². The maximum absolute atomic E-state index is 13.1. The van der Waals surface area contributed by atoms with Gasteiger partial charge in [-0.3, -0.25) is 9.52 Å². The van der Waals surface area contributed by atoms with Crippen molar-refractivity contribution in [3.8, 4) is 17.2 Å². The fourth-order valence-electron chi connectivity index (χ4n) is 3.56. The summed E-state index contributed by atoms with van der Waals surface area (Å²) >= 11 is 12.2. The Morgan fingerprint density at radius 2 is 1.55 bits per heavy atom. The number of benzene rings is 4. The number of amides is 1. The van der Waals surface area contributed by atoms with E-state index in [1.54, 1.807) is 24.3 Å². The van der Waals surface area contributed by atoms with E-state index in [0.717, 1.165) is 5.56 Å². The third kappa shape index (κ3) is 6.77. The maximum Gasteiger partial charge on any atom is 0.261 e. The summed E-state index contributed by atoms with van der Waals surface area (Å²) in [5.74, 6) is 1.02. The van der Waals surface area contributed by atoms with E-state index in [1.807, 2.05) is 31.2 Å². The van der Waals surface area contributed by atoms with Gasteiger partial charge in [0.05, 0.1) is 27.8 Å². The van der Waals surface area contributed by atoms with Crippen LogP contribution in [-0.2, 0) is 16.6 Å². The van der Waals surface area contributed by atoms with E-state index < -0.39 is 15.9 Å². The molecule has 0 aliphatic heterocycles. The Balaban J connectivity index is 1.50. The molecular weight excluding hydrogens is 547 g/mol. The van der Waals surface area contributed by atoms with Crippen molar-refractivity contribution >= 4 is 44.8 Å². The second-order valence-corrected chi connectivity index (χ2v) is 10.5. The van der Waals surface area contributed by atoms with Gasteiger partial charge in [-0.2, -0.15) is 0 Å². The number of carbonyl (C=O) groups is 1. The summed E-state index contributed by atoms with van der Waals surface area (Å²) in [4.78, 5) is 13.0. The summed E-state index contributed by atoms with van der Waals surface area (Å²) in [6.07, 6.45) is 0. The first-order valence-electron chi connectivity index (χ1n) is 11.6. The predicted molar refractivity (Wildman–Crippen MR) is 149 cm³/mol. The highest BCUT2D eigenvalue weighted by Gasteiger charge is 2.20. The number of sulfonamides is 1. The molecule has 0 fully saturated rings. The van der Waals surface area contributed by atoms with Gasteiger partial charge < -0.3 is 14.8 Å². The third-order valence-corrected chi connectivity index (χ3v) is 7.31. The van der Waals surface area contributed by atoms with Crippen molar-refractivity contribution in [2.24, 2.45) is 0 Å². The lowest BCUT2D eigenvalue weighted by Gasteiger charge is -2.15. The molecule has 0 aliphatic rings. The number of halogens is 2. The van der Waals surface area contributed by atoms with Crippen LogP contribution in [0.25, 0.3) is 0 Å². The van der Waals surface area contributed by atoms with Gasteiger partial charge in [0, 0.05) is 17.1 Å². The van der Waals surface area contributed by atoms with Crippen molar-refractivity contribution in [3.05, 3.63) is 112 Å². The fourth-order valence-corrected chi connectivity index (χ4v) is 4.98. The van der Waals surface area contributed by atoms with E-state index in [4.69, 9.17) is 32.7 Å². The highest BCUT2D eigenvalue weighted by Crippen LogP contribution is 2.30. The highest BCUT2D eigenvalue weighted by atomic mass is 35.5. The largest absolute Gasteiger partial charge is 0.494 e. The molecule has 0 spiro atoms. The van der Waals surface area contributed by atoms with Gasteiger partial charge in [0.15, 0.2) is 0 Å². The molecule has 0 aliphatic carbocycles. The van der Waals surface area contributed by atoms with E-state index in [0.29, 0.717) is 28.9 Å². The smallest absolute Gasteiger partial charge is 0.261 e. The van der Waals surface area contributed by atoms with Gasteiger partial charge in [-0.05, 0) is 67.6 Å². The van der Waals surface area contributed by atoms with Crippen LogP contribution in [-0.4, -0.2) is 20.9 Å². The van der Waals surface area contributed by atoms with E-state index in [1.165, 1.54) is 42.5 Å². The van der Waals surface area contributed by atoms with Crippen LogP contribution in [0.15, 0.2) is 95.9 Å². The van der Waals surface area contributed by atoms with Crippen molar-refractivity contribution in [2.45, 2.75) is 18.4 Å². The standard InChI is InChI=1S/C28H24Cl2N2O5S/c1-2-36-26-9-5-3-7-19(26)18-31-28(33)23-17-20(29)11-16-25(23)32-38(34,35)22-14-12-21(13-15-22)37-27-10-6-4-8-24(27)30/h3-17,32H,2,18H2,1H3,(H,31,33). The first-order valence-corrected chi connectivity index (χ1v) is 13.8. The van der Waals surface area contributed by atoms with Crippen molar-refractivity contribution in [1.29, 1.82) is 0 Å². The van der Waals surface area contributed by atoms with Crippen molar-refractivity contribution in [2.75, 3.05) is 11.3 Å². The Kier molecular flexibility index (Phi) is 8.78. The monoisotopic (exact) mass is 570 g/mol. The molecule has 0 heterocycles. The van der Waals surface area contributed by atoms with Crippen molar-refractivity contribution in [1.82, 2.24) is 5.32 Å². The quantitative estimate of drug-likeness (QED) is 0.216. The average molecular weight is 571 g/mol. The van der Waals surface area contributed by atoms with Gasteiger partial charge in [0.2, 0.25) is 0 Å². The highest BCUT2D eigenvalue weighted by molar-refractivity contribution is 7.92. The molecule has 4 rings (SSSR count). The number of carbonyl (C=O) groups excluding carboxylic acids is 1. The van der Waals surface area contributed by atoms with Crippen LogP contribution in [0.5, 0.6) is 17.2 Å². The van der Waals surface area contributed by atoms with Crippen LogP contribution >= 0.6 is 23.2 Å². The number of nitrogens with one attached hydrogen (secondary N) is 2. The molecule has 10 heteroatoms. The van der Waals surface area contributed by atoms with Gasteiger partial charge in [-0.25, -0.2) is 8.42 Å². The Morgan fingerprint density at radius 1 is 0.868 bits per heavy atom. The lowest BCUT2D eigenvalue weighted by atomic mass is 10.1. The second kappa shape index (κ2) is 12.2.